The van der Waals surface area contributed by atoms with Crippen LogP contribution >= 0.6 is 0 Å². The van der Waals surface area contributed by atoms with Crippen molar-refractivity contribution >= 4 is 34.7 Å². The summed E-state index contributed by atoms with van der Waals surface area (Å²) in [6.45, 7) is 11.9. The van der Waals surface area contributed by atoms with Crippen molar-refractivity contribution < 1.29 is 19.4 Å². The molecule has 4 N–H and O–H groups in total. The molecule has 4 atom stereocenters. The van der Waals surface area contributed by atoms with Crippen molar-refractivity contribution in [2.45, 2.75) is 72.1 Å². The Morgan fingerprint density at radius 1 is 1.12 bits per heavy atom. The quantitative estimate of drug-likeness (QED) is 0.138. The summed E-state index contributed by atoms with van der Waals surface area (Å²) in [5.74, 6) is 1.29. The Balaban J connectivity index is 1.43. The smallest absolute Gasteiger partial charge is 0.303 e. The fourth-order valence-corrected chi connectivity index (χ4v) is 4.61. The number of nitrogens with zero attached hydrogens (tertiary/aromatic N) is 9. The number of esters is 1. The molecule has 1 aliphatic rings. The van der Waals surface area contributed by atoms with Crippen LogP contribution in [0.1, 0.15) is 59.2 Å². The SMILES string of the molecule is CCn1nnc([C@H]2O[C@@H](n3cnc4c(NCCC(C)(C)C)nc(NCCNc5ccccn5)nc43)[C@H](O)[C@@H]2OC(C)=O)n1. The first-order valence-corrected chi connectivity index (χ1v) is 14.3. The summed E-state index contributed by atoms with van der Waals surface area (Å²) in [5.41, 5.74) is 1.04. The Kier molecular flexibility index (Phi) is 8.96. The number of hydrogen-bond donors (Lipinski definition) is 4. The van der Waals surface area contributed by atoms with Gasteiger partial charge in [-0.2, -0.15) is 14.8 Å². The third-order valence-electron chi connectivity index (χ3n) is 6.76. The average molecular weight is 595 g/mol. The minimum absolute atomic E-state index is 0.118. The predicted octanol–water partition coefficient (Wildman–Crippen LogP) is 2.16. The Labute approximate surface area is 248 Å². The maximum atomic E-state index is 11.9. The van der Waals surface area contributed by atoms with E-state index in [9.17, 15) is 9.90 Å². The van der Waals surface area contributed by atoms with Crippen LogP contribution in [0.2, 0.25) is 0 Å². The zero-order chi connectivity index (χ0) is 30.6. The molecule has 0 radical (unpaired) electrons. The summed E-state index contributed by atoms with van der Waals surface area (Å²) in [6.07, 6.45) is -0.161. The van der Waals surface area contributed by atoms with Gasteiger partial charge >= 0.3 is 5.97 Å². The molecule has 0 aromatic carbocycles. The molecular formula is C27H38N12O4. The first-order chi connectivity index (χ1) is 20.6. The second kappa shape index (κ2) is 12.8. The molecule has 0 aliphatic carbocycles. The number of carbonyl (C=O) groups excluding carboxylic acids is 1. The lowest BCUT2D eigenvalue weighted by Gasteiger charge is -2.19. The van der Waals surface area contributed by atoms with Gasteiger partial charge in [0.05, 0.1) is 12.9 Å². The number of fused-ring (bicyclic) bond motifs is 1. The molecule has 0 amide bonds. The number of aryl methyl sites for hydroxylation is 1. The fraction of sp³-hybridized carbons (Fsp3) is 0.556. The molecule has 5 heterocycles. The largest absolute Gasteiger partial charge is 0.456 e. The predicted molar refractivity (Wildman–Crippen MR) is 157 cm³/mol. The molecule has 16 nitrogen and oxygen atoms in total. The fourth-order valence-electron chi connectivity index (χ4n) is 4.61. The number of anilines is 3. The van der Waals surface area contributed by atoms with E-state index in [0.717, 1.165) is 12.2 Å². The minimum atomic E-state index is -1.27. The first kappa shape index (κ1) is 30.0. The molecule has 4 aromatic heterocycles. The van der Waals surface area contributed by atoms with Crippen molar-refractivity contribution in [3.8, 4) is 0 Å². The summed E-state index contributed by atoms with van der Waals surface area (Å²) in [6, 6.07) is 5.66. The van der Waals surface area contributed by atoms with Gasteiger partial charge in [0.15, 0.2) is 35.4 Å². The molecular weight excluding hydrogens is 556 g/mol. The molecule has 0 unspecified atom stereocenters. The lowest BCUT2D eigenvalue weighted by atomic mass is 9.92. The zero-order valence-electron chi connectivity index (χ0n) is 24.9. The van der Waals surface area contributed by atoms with Gasteiger partial charge in [0.1, 0.15) is 11.9 Å². The minimum Gasteiger partial charge on any atom is -0.456 e. The number of aliphatic hydroxyl groups excluding tert-OH is 1. The van der Waals surface area contributed by atoms with E-state index in [1.54, 1.807) is 10.8 Å². The molecule has 0 bridgehead atoms. The number of nitrogens with one attached hydrogen (secondary N) is 3. The molecule has 1 aliphatic heterocycles. The molecule has 4 aromatic rings. The van der Waals surface area contributed by atoms with E-state index in [2.05, 4.69) is 62.1 Å². The second-order valence-corrected chi connectivity index (χ2v) is 11.4. The number of aliphatic hydroxyl groups is 1. The van der Waals surface area contributed by atoms with Gasteiger partial charge in [-0.25, -0.2) is 9.97 Å². The van der Waals surface area contributed by atoms with Gasteiger partial charge in [-0.05, 0) is 36.1 Å². The van der Waals surface area contributed by atoms with Crippen LogP contribution in [-0.4, -0.2) is 87.6 Å². The topological polar surface area (TPSA) is 192 Å². The van der Waals surface area contributed by atoms with Crippen LogP contribution in [0.25, 0.3) is 11.2 Å². The highest BCUT2D eigenvalue weighted by atomic mass is 16.6. The molecule has 5 rings (SSSR count). The van der Waals surface area contributed by atoms with E-state index >= 15 is 0 Å². The first-order valence-electron chi connectivity index (χ1n) is 14.3. The Morgan fingerprint density at radius 2 is 1.93 bits per heavy atom. The van der Waals surface area contributed by atoms with Gasteiger partial charge in [0.2, 0.25) is 11.8 Å². The van der Waals surface area contributed by atoms with E-state index in [4.69, 9.17) is 19.4 Å². The maximum Gasteiger partial charge on any atom is 0.303 e. The van der Waals surface area contributed by atoms with Gasteiger partial charge < -0.3 is 30.5 Å². The summed E-state index contributed by atoms with van der Waals surface area (Å²) >= 11 is 0. The Morgan fingerprint density at radius 3 is 2.63 bits per heavy atom. The molecule has 43 heavy (non-hydrogen) atoms. The second-order valence-electron chi connectivity index (χ2n) is 11.4. The number of carbonyl (C=O) groups is 1. The van der Waals surface area contributed by atoms with Crippen LogP contribution in [0.4, 0.5) is 17.6 Å². The van der Waals surface area contributed by atoms with Crippen molar-refractivity contribution in [2.24, 2.45) is 5.41 Å². The van der Waals surface area contributed by atoms with Crippen molar-refractivity contribution in [2.75, 3.05) is 35.6 Å². The van der Waals surface area contributed by atoms with Gasteiger partial charge in [-0.15, -0.1) is 10.2 Å². The highest BCUT2D eigenvalue weighted by molar-refractivity contribution is 5.84. The van der Waals surface area contributed by atoms with Crippen molar-refractivity contribution in [3.63, 3.8) is 0 Å². The molecule has 1 fully saturated rings. The van der Waals surface area contributed by atoms with Crippen LogP contribution in [0.3, 0.4) is 0 Å². The zero-order valence-corrected chi connectivity index (χ0v) is 24.9. The monoisotopic (exact) mass is 594 g/mol. The highest BCUT2D eigenvalue weighted by Crippen LogP contribution is 2.40. The van der Waals surface area contributed by atoms with E-state index in [1.807, 2.05) is 25.1 Å². The lowest BCUT2D eigenvalue weighted by molar-refractivity contribution is -0.153. The summed E-state index contributed by atoms with van der Waals surface area (Å²) in [4.78, 5) is 31.6. The Bertz CT molecular complexity index is 1520. The van der Waals surface area contributed by atoms with Crippen molar-refractivity contribution in [3.05, 3.63) is 36.5 Å². The van der Waals surface area contributed by atoms with Crippen molar-refractivity contribution in [1.29, 1.82) is 0 Å². The van der Waals surface area contributed by atoms with Gasteiger partial charge in [0.25, 0.3) is 0 Å². The molecule has 16 heteroatoms. The number of ether oxygens (including phenoxy) is 2. The maximum absolute atomic E-state index is 11.9. The summed E-state index contributed by atoms with van der Waals surface area (Å²) < 4.78 is 13.3. The lowest BCUT2D eigenvalue weighted by Crippen LogP contribution is -2.33. The summed E-state index contributed by atoms with van der Waals surface area (Å²) in [5, 5.41) is 33.6. The van der Waals surface area contributed by atoms with Crippen LogP contribution < -0.4 is 16.0 Å². The van der Waals surface area contributed by atoms with Gasteiger partial charge in [0, 0.05) is 32.8 Å². The van der Waals surface area contributed by atoms with E-state index in [0.29, 0.717) is 49.1 Å². The number of aromatic nitrogens is 9. The van der Waals surface area contributed by atoms with Crippen LogP contribution in [0.15, 0.2) is 30.7 Å². The molecule has 1 saturated heterocycles. The average Bonchev–Trinajstić information content (AvgIpc) is 3.69. The van der Waals surface area contributed by atoms with Crippen LogP contribution in [0, 0.1) is 5.41 Å². The van der Waals surface area contributed by atoms with Gasteiger partial charge in [-0.1, -0.05) is 26.8 Å². The third-order valence-corrected chi connectivity index (χ3v) is 6.76. The van der Waals surface area contributed by atoms with Crippen LogP contribution in [0.5, 0.6) is 0 Å². The number of imidazole rings is 1. The normalized spacial score (nSPS) is 20.3. The number of hydrogen-bond acceptors (Lipinski definition) is 14. The number of rotatable bonds is 12. The highest BCUT2D eigenvalue weighted by Gasteiger charge is 2.50. The van der Waals surface area contributed by atoms with E-state index in [-0.39, 0.29) is 11.2 Å². The van der Waals surface area contributed by atoms with Gasteiger partial charge in [-0.3, -0.25) is 9.36 Å². The van der Waals surface area contributed by atoms with Crippen LogP contribution in [-0.2, 0) is 20.8 Å². The van der Waals surface area contributed by atoms with E-state index < -0.39 is 30.5 Å². The molecule has 0 spiro atoms. The van der Waals surface area contributed by atoms with E-state index in [1.165, 1.54) is 18.0 Å². The van der Waals surface area contributed by atoms with Crippen molar-refractivity contribution in [1.82, 2.24) is 44.7 Å². The molecule has 230 valence electrons. The summed E-state index contributed by atoms with van der Waals surface area (Å²) in [7, 11) is 0. The third kappa shape index (κ3) is 7.14. The standard InChI is InChI=1S/C27H38N12O4/c1-6-39-36-23(35-37-39)21-20(42-16(2)40)19(41)25(43-21)38-15-32-18-22(30-12-10-27(3,4)5)33-26(34-24(18)38)31-14-13-29-17-9-7-8-11-28-17/h7-9,11,15,19-21,25,41H,6,10,12-14H2,1-5H3,(H,28,29)(H2,30,31,33,34)/t19-,20+,21+,25-/m1/s1. The number of tetrazole rings is 1. The number of pyridine rings is 1. The molecule has 0 saturated carbocycles. The Hall–Kier alpha value is -4.44.